The maximum absolute atomic E-state index is 12.8. The molecular weight excluding hydrogens is 416 g/mol. The largest absolute Gasteiger partial charge is 0.390 e. The van der Waals surface area contributed by atoms with E-state index in [0.717, 1.165) is 29.8 Å². The van der Waals surface area contributed by atoms with Crippen LogP contribution in [0, 0.1) is 0 Å². The quantitative estimate of drug-likeness (QED) is 0.665. The molecule has 2 aromatic heterocycles. The van der Waals surface area contributed by atoms with E-state index >= 15 is 0 Å². The summed E-state index contributed by atoms with van der Waals surface area (Å²) in [5.74, 6) is 0.844. The van der Waals surface area contributed by atoms with E-state index in [2.05, 4.69) is 24.8 Å². The van der Waals surface area contributed by atoms with Crippen molar-refractivity contribution in [3.8, 4) is 0 Å². The minimum atomic E-state index is -0.481. The van der Waals surface area contributed by atoms with Gasteiger partial charge in [0, 0.05) is 61.4 Å². The lowest BCUT2D eigenvalue weighted by Gasteiger charge is -2.38. The van der Waals surface area contributed by atoms with Crippen molar-refractivity contribution in [2.75, 3.05) is 44.2 Å². The summed E-state index contributed by atoms with van der Waals surface area (Å²) in [6, 6.07) is 8.91. The molecule has 8 nitrogen and oxygen atoms in total. The molecule has 0 bridgehead atoms. The van der Waals surface area contributed by atoms with Crippen molar-refractivity contribution in [2.24, 2.45) is 0 Å². The summed E-state index contributed by atoms with van der Waals surface area (Å²) >= 11 is 5.93. The second-order valence-corrected chi connectivity index (χ2v) is 8.40. The number of benzene rings is 1. The SMILES string of the molecule is O=C(c1ccc(Cl)cc1)N1CCN(C2CN(c3ncnc4cnccc34)CC2O)CC1. The first kappa shape index (κ1) is 20.1. The molecule has 0 radical (unpaired) electrons. The Hall–Kier alpha value is -2.81. The van der Waals surface area contributed by atoms with Gasteiger partial charge in [-0.3, -0.25) is 14.7 Å². The van der Waals surface area contributed by atoms with Gasteiger partial charge in [0.2, 0.25) is 0 Å². The number of amides is 1. The van der Waals surface area contributed by atoms with Crippen molar-refractivity contribution in [3.05, 3.63) is 59.6 Å². The number of hydrogen-bond acceptors (Lipinski definition) is 7. The molecule has 5 rings (SSSR count). The molecule has 0 aliphatic carbocycles. The van der Waals surface area contributed by atoms with E-state index in [0.29, 0.717) is 36.8 Å². The van der Waals surface area contributed by atoms with Gasteiger partial charge in [0.25, 0.3) is 5.91 Å². The van der Waals surface area contributed by atoms with Gasteiger partial charge >= 0.3 is 0 Å². The Kier molecular flexibility index (Phi) is 5.43. The van der Waals surface area contributed by atoms with Gasteiger partial charge in [-0.2, -0.15) is 0 Å². The number of hydrogen-bond donors (Lipinski definition) is 1. The van der Waals surface area contributed by atoms with Gasteiger partial charge in [0.05, 0.1) is 23.9 Å². The minimum Gasteiger partial charge on any atom is -0.390 e. The predicted molar refractivity (Wildman–Crippen MR) is 118 cm³/mol. The molecule has 2 aliphatic rings. The minimum absolute atomic E-state index is 0.000337. The van der Waals surface area contributed by atoms with Crippen LogP contribution >= 0.6 is 11.6 Å². The van der Waals surface area contributed by atoms with Gasteiger partial charge in [0.15, 0.2) is 0 Å². The second kappa shape index (κ2) is 8.37. The number of β-amino-alcohol motifs (C(OH)–C–C–N with tert-alkyl or cyclic N) is 1. The third kappa shape index (κ3) is 3.94. The number of rotatable bonds is 3. The number of fused-ring (bicyclic) bond motifs is 1. The fraction of sp³-hybridized carbons (Fsp3) is 0.364. The number of halogens is 1. The summed E-state index contributed by atoms with van der Waals surface area (Å²) in [7, 11) is 0. The van der Waals surface area contributed by atoms with Gasteiger partial charge in [0.1, 0.15) is 12.1 Å². The van der Waals surface area contributed by atoms with Gasteiger partial charge in [-0.1, -0.05) is 11.6 Å². The zero-order chi connectivity index (χ0) is 21.4. The van der Waals surface area contributed by atoms with Gasteiger partial charge in [-0.15, -0.1) is 0 Å². The first-order valence-electron chi connectivity index (χ1n) is 10.4. The number of aliphatic hydroxyl groups excluding tert-OH is 1. The zero-order valence-electron chi connectivity index (χ0n) is 16.9. The normalized spacial score (nSPS) is 22.3. The average molecular weight is 439 g/mol. The van der Waals surface area contributed by atoms with E-state index in [4.69, 9.17) is 11.6 Å². The molecule has 0 spiro atoms. The molecule has 3 aromatic rings. The van der Waals surface area contributed by atoms with Crippen molar-refractivity contribution >= 4 is 34.2 Å². The number of piperazine rings is 1. The van der Waals surface area contributed by atoms with Crippen LogP contribution in [0.1, 0.15) is 10.4 Å². The van der Waals surface area contributed by atoms with Crippen LogP contribution in [0.4, 0.5) is 5.82 Å². The first-order valence-corrected chi connectivity index (χ1v) is 10.7. The predicted octanol–water partition coefficient (Wildman–Crippen LogP) is 1.69. The molecule has 31 heavy (non-hydrogen) atoms. The fourth-order valence-electron chi connectivity index (χ4n) is 4.48. The van der Waals surface area contributed by atoms with Crippen LogP contribution in [-0.2, 0) is 0 Å². The molecule has 2 aliphatic heterocycles. The summed E-state index contributed by atoms with van der Waals surface area (Å²) in [6.45, 7) is 3.91. The van der Waals surface area contributed by atoms with Crippen LogP contribution in [0.15, 0.2) is 49.1 Å². The molecule has 1 amide bonds. The van der Waals surface area contributed by atoms with Gasteiger partial charge in [-0.25, -0.2) is 9.97 Å². The van der Waals surface area contributed by atoms with Crippen LogP contribution in [-0.4, -0.2) is 87.2 Å². The molecule has 4 heterocycles. The van der Waals surface area contributed by atoms with E-state index in [1.54, 1.807) is 43.0 Å². The monoisotopic (exact) mass is 438 g/mol. The lowest BCUT2D eigenvalue weighted by atomic mass is 10.1. The van der Waals surface area contributed by atoms with Crippen LogP contribution < -0.4 is 4.90 Å². The fourth-order valence-corrected chi connectivity index (χ4v) is 4.60. The maximum atomic E-state index is 12.8. The van der Waals surface area contributed by atoms with Crippen molar-refractivity contribution in [2.45, 2.75) is 12.1 Å². The van der Waals surface area contributed by atoms with Crippen LogP contribution in [0.3, 0.4) is 0 Å². The molecule has 1 N–H and O–H groups in total. The number of nitrogens with zero attached hydrogens (tertiary/aromatic N) is 6. The van der Waals surface area contributed by atoms with Crippen molar-refractivity contribution < 1.29 is 9.90 Å². The summed E-state index contributed by atoms with van der Waals surface area (Å²) in [4.78, 5) is 31.9. The van der Waals surface area contributed by atoms with E-state index in [9.17, 15) is 9.90 Å². The summed E-state index contributed by atoms with van der Waals surface area (Å²) in [5.41, 5.74) is 1.44. The van der Waals surface area contributed by atoms with Crippen molar-refractivity contribution in [1.29, 1.82) is 0 Å². The Morgan fingerprint density at radius 3 is 2.58 bits per heavy atom. The molecular formula is C22H23ClN6O2. The number of carbonyl (C=O) groups is 1. The highest BCUT2D eigenvalue weighted by Gasteiger charge is 2.38. The highest BCUT2D eigenvalue weighted by Crippen LogP contribution is 2.28. The van der Waals surface area contributed by atoms with E-state index in [1.165, 1.54) is 0 Å². The zero-order valence-corrected chi connectivity index (χ0v) is 17.7. The van der Waals surface area contributed by atoms with Crippen molar-refractivity contribution in [3.63, 3.8) is 0 Å². The molecule has 2 unspecified atom stereocenters. The Morgan fingerprint density at radius 2 is 1.81 bits per heavy atom. The van der Waals surface area contributed by atoms with Crippen molar-refractivity contribution in [1.82, 2.24) is 24.8 Å². The molecule has 2 atom stereocenters. The summed E-state index contributed by atoms with van der Waals surface area (Å²) in [5, 5.41) is 12.3. The third-order valence-corrected chi connectivity index (χ3v) is 6.39. The molecule has 2 fully saturated rings. The van der Waals surface area contributed by atoms with Crippen LogP contribution in [0.25, 0.3) is 10.9 Å². The number of aromatic nitrogens is 3. The highest BCUT2D eigenvalue weighted by molar-refractivity contribution is 6.30. The smallest absolute Gasteiger partial charge is 0.253 e. The van der Waals surface area contributed by atoms with E-state index < -0.39 is 6.10 Å². The molecule has 160 valence electrons. The lowest BCUT2D eigenvalue weighted by molar-refractivity contribution is 0.0376. The molecule has 0 saturated carbocycles. The molecule has 1 aromatic carbocycles. The number of carbonyl (C=O) groups excluding carboxylic acids is 1. The topological polar surface area (TPSA) is 85.7 Å². The number of anilines is 1. The summed E-state index contributed by atoms with van der Waals surface area (Å²) < 4.78 is 0. The van der Waals surface area contributed by atoms with E-state index in [1.807, 2.05) is 11.0 Å². The average Bonchev–Trinajstić information content (AvgIpc) is 3.20. The molecule has 9 heteroatoms. The van der Waals surface area contributed by atoms with E-state index in [-0.39, 0.29) is 11.9 Å². The highest BCUT2D eigenvalue weighted by atomic mass is 35.5. The first-order chi connectivity index (χ1) is 15.1. The second-order valence-electron chi connectivity index (χ2n) is 7.96. The van der Waals surface area contributed by atoms with Gasteiger partial charge in [-0.05, 0) is 30.3 Å². The Morgan fingerprint density at radius 1 is 1.03 bits per heavy atom. The Balaban J connectivity index is 1.25. The Bertz CT molecular complexity index is 1080. The standard InChI is InChI=1S/C22H23ClN6O2/c23-16-3-1-15(2-4-16)22(31)28-9-7-27(8-10-28)19-12-29(13-20(19)30)21-17-5-6-24-11-18(17)25-14-26-21/h1-6,11,14,19-20,30H,7-10,12-13H2. The Labute approximate surface area is 185 Å². The number of pyridine rings is 1. The third-order valence-electron chi connectivity index (χ3n) is 6.14. The van der Waals surface area contributed by atoms with Crippen LogP contribution in [0.2, 0.25) is 5.02 Å². The maximum Gasteiger partial charge on any atom is 0.253 e. The lowest BCUT2D eigenvalue weighted by Crippen LogP contribution is -2.54. The van der Waals surface area contributed by atoms with Crippen LogP contribution in [0.5, 0.6) is 0 Å². The summed E-state index contributed by atoms with van der Waals surface area (Å²) in [6.07, 6.45) is 4.52. The van der Waals surface area contributed by atoms with Gasteiger partial charge < -0.3 is 14.9 Å². The number of aliphatic hydroxyl groups is 1. The molecule has 2 saturated heterocycles.